The molecule has 1 rings (SSSR count). The lowest BCUT2D eigenvalue weighted by molar-refractivity contribution is 0.00143. The Bertz CT molecular complexity index is 395. The third-order valence-electron chi connectivity index (χ3n) is 2.68. The van der Waals surface area contributed by atoms with Gasteiger partial charge in [-0.2, -0.15) is 5.26 Å². The van der Waals surface area contributed by atoms with Crippen molar-refractivity contribution in [3.05, 3.63) is 35.4 Å². The van der Waals surface area contributed by atoms with Crippen LogP contribution in [0.5, 0.6) is 0 Å². The van der Waals surface area contributed by atoms with Crippen LogP contribution >= 0.6 is 0 Å². The van der Waals surface area contributed by atoms with E-state index in [4.69, 9.17) is 5.26 Å². The molecule has 0 aliphatic heterocycles. The molecule has 0 saturated carbocycles. The van der Waals surface area contributed by atoms with Crippen LogP contribution in [0.1, 0.15) is 31.4 Å². The largest absolute Gasteiger partial charge is 0.378 e. The van der Waals surface area contributed by atoms with E-state index in [1.807, 2.05) is 30.1 Å². The Labute approximate surface area is 103 Å². The van der Waals surface area contributed by atoms with Crippen molar-refractivity contribution in [2.75, 3.05) is 7.05 Å². The molecule has 1 aromatic rings. The van der Waals surface area contributed by atoms with Gasteiger partial charge in [-0.05, 0) is 37.1 Å². The fraction of sp³-hybridized carbons (Fsp3) is 0.500. The van der Waals surface area contributed by atoms with E-state index < -0.39 is 6.23 Å². The highest BCUT2D eigenvalue weighted by Gasteiger charge is 2.13. The van der Waals surface area contributed by atoms with E-state index in [1.54, 1.807) is 6.07 Å². The molecule has 3 heteroatoms. The van der Waals surface area contributed by atoms with Crippen molar-refractivity contribution in [1.82, 2.24) is 4.90 Å². The Balaban J connectivity index is 2.61. The first-order chi connectivity index (χ1) is 8.02. The second-order valence-electron chi connectivity index (χ2n) is 4.84. The molecule has 0 aliphatic rings. The molecule has 1 atom stereocenters. The number of hydrogen-bond acceptors (Lipinski definition) is 3. The summed E-state index contributed by atoms with van der Waals surface area (Å²) in [6, 6.07) is 9.61. The van der Waals surface area contributed by atoms with Gasteiger partial charge in [0.2, 0.25) is 0 Å². The van der Waals surface area contributed by atoms with Crippen molar-refractivity contribution in [2.45, 2.75) is 33.0 Å². The average Bonchev–Trinajstić information content (AvgIpc) is 2.28. The number of hydrogen-bond donors (Lipinski definition) is 1. The zero-order valence-corrected chi connectivity index (χ0v) is 10.7. The molecule has 0 spiro atoms. The predicted molar refractivity (Wildman–Crippen MR) is 68.1 cm³/mol. The van der Waals surface area contributed by atoms with Crippen LogP contribution in [-0.4, -0.2) is 23.3 Å². The summed E-state index contributed by atoms with van der Waals surface area (Å²) in [7, 11) is 1.89. The molecular weight excluding hydrogens is 212 g/mol. The van der Waals surface area contributed by atoms with Crippen molar-refractivity contribution >= 4 is 0 Å². The van der Waals surface area contributed by atoms with Gasteiger partial charge in [-0.1, -0.05) is 26.0 Å². The number of aliphatic hydroxyl groups excluding tert-OH is 1. The first-order valence-electron chi connectivity index (χ1n) is 5.90. The molecule has 1 aromatic carbocycles. The van der Waals surface area contributed by atoms with E-state index in [2.05, 4.69) is 19.9 Å². The minimum Gasteiger partial charge on any atom is -0.378 e. The van der Waals surface area contributed by atoms with E-state index >= 15 is 0 Å². The van der Waals surface area contributed by atoms with Crippen molar-refractivity contribution < 1.29 is 5.11 Å². The van der Waals surface area contributed by atoms with E-state index in [0.29, 0.717) is 18.0 Å². The second kappa shape index (κ2) is 6.39. The van der Waals surface area contributed by atoms with Crippen molar-refractivity contribution in [3.63, 3.8) is 0 Å². The Hall–Kier alpha value is -1.37. The van der Waals surface area contributed by atoms with Gasteiger partial charge >= 0.3 is 0 Å². The molecule has 0 amide bonds. The first-order valence-corrected chi connectivity index (χ1v) is 5.90. The van der Waals surface area contributed by atoms with Crippen LogP contribution in [0, 0.1) is 17.2 Å². The standard InChI is InChI=1S/C14H20N2O/c1-11(2)7-14(17)16(3)10-13-6-4-5-12(8-13)9-15/h4-6,8,11,14,17H,7,10H2,1-3H3. The fourth-order valence-corrected chi connectivity index (χ4v) is 1.73. The summed E-state index contributed by atoms with van der Waals surface area (Å²) >= 11 is 0. The SMILES string of the molecule is CC(C)CC(O)N(C)Cc1cccc(C#N)c1. The summed E-state index contributed by atoms with van der Waals surface area (Å²) in [6.07, 6.45) is 0.329. The van der Waals surface area contributed by atoms with Crippen LogP contribution < -0.4 is 0 Å². The summed E-state index contributed by atoms with van der Waals surface area (Å²) in [4.78, 5) is 1.90. The van der Waals surface area contributed by atoms with E-state index in [0.717, 1.165) is 12.0 Å². The van der Waals surface area contributed by atoms with Gasteiger partial charge in [0.05, 0.1) is 11.6 Å². The maximum Gasteiger partial charge on any atom is 0.107 e. The van der Waals surface area contributed by atoms with Gasteiger partial charge in [-0.15, -0.1) is 0 Å². The molecule has 1 unspecified atom stereocenters. The second-order valence-corrected chi connectivity index (χ2v) is 4.84. The number of rotatable bonds is 5. The van der Waals surface area contributed by atoms with Crippen LogP contribution in [0.2, 0.25) is 0 Å². The predicted octanol–water partition coefficient (Wildman–Crippen LogP) is 2.35. The van der Waals surface area contributed by atoms with Gasteiger partial charge in [0.15, 0.2) is 0 Å². The Morgan fingerprint density at radius 2 is 2.12 bits per heavy atom. The summed E-state index contributed by atoms with van der Waals surface area (Å²) in [5.74, 6) is 0.470. The smallest absolute Gasteiger partial charge is 0.107 e. The molecule has 0 fully saturated rings. The molecule has 92 valence electrons. The van der Waals surface area contributed by atoms with Gasteiger partial charge < -0.3 is 5.11 Å². The average molecular weight is 232 g/mol. The molecule has 1 N–H and O–H groups in total. The van der Waals surface area contributed by atoms with Crippen molar-refractivity contribution in [2.24, 2.45) is 5.92 Å². The van der Waals surface area contributed by atoms with Crippen LogP contribution in [0.25, 0.3) is 0 Å². The molecule has 17 heavy (non-hydrogen) atoms. The van der Waals surface area contributed by atoms with Gasteiger partial charge in [0.1, 0.15) is 6.23 Å². The lowest BCUT2D eigenvalue weighted by Gasteiger charge is -2.24. The van der Waals surface area contributed by atoms with Crippen molar-refractivity contribution in [3.8, 4) is 6.07 Å². The maximum absolute atomic E-state index is 9.94. The third-order valence-corrected chi connectivity index (χ3v) is 2.68. The quantitative estimate of drug-likeness (QED) is 0.793. The first kappa shape index (κ1) is 13.7. The summed E-state index contributed by atoms with van der Waals surface area (Å²) in [6.45, 7) is 4.84. The molecule has 3 nitrogen and oxygen atoms in total. The minimum atomic E-state index is -0.430. The van der Waals surface area contributed by atoms with Gasteiger partial charge in [0.25, 0.3) is 0 Å². The highest BCUT2D eigenvalue weighted by molar-refractivity contribution is 5.32. The third kappa shape index (κ3) is 4.56. The fourth-order valence-electron chi connectivity index (χ4n) is 1.73. The summed E-state index contributed by atoms with van der Waals surface area (Å²) in [5.41, 5.74) is 1.71. The van der Waals surface area contributed by atoms with Gasteiger partial charge in [-0.3, -0.25) is 4.90 Å². The summed E-state index contributed by atoms with van der Waals surface area (Å²) in [5, 5.41) is 18.7. The highest BCUT2D eigenvalue weighted by atomic mass is 16.3. The van der Waals surface area contributed by atoms with E-state index in [1.165, 1.54) is 0 Å². The van der Waals surface area contributed by atoms with Crippen LogP contribution in [0.15, 0.2) is 24.3 Å². The van der Waals surface area contributed by atoms with Crippen LogP contribution in [0.3, 0.4) is 0 Å². The number of nitriles is 1. The molecule has 0 aliphatic carbocycles. The lowest BCUT2D eigenvalue weighted by Crippen LogP contribution is -2.32. The van der Waals surface area contributed by atoms with Crippen LogP contribution in [0.4, 0.5) is 0 Å². The highest BCUT2D eigenvalue weighted by Crippen LogP contribution is 2.12. The topological polar surface area (TPSA) is 47.3 Å². The summed E-state index contributed by atoms with van der Waals surface area (Å²) < 4.78 is 0. The van der Waals surface area contributed by atoms with E-state index in [-0.39, 0.29) is 0 Å². The van der Waals surface area contributed by atoms with Crippen LogP contribution in [-0.2, 0) is 6.54 Å². The molecule has 0 aromatic heterocycles. The Morgan fingerprint density at radius 3 is 2.71 bits per heavy atom. The van der Waals surface area contributed by atoms with Gasteiger partial charge in [0, 0.05) is 6.54 Å². The molecule has 0 heterocycles. The Morgan fingerprint density at radius 1 is 1.41 bits per heavy atom. The monoisotopic (exact) mass is 232 g/mol. The molecule has 0 bridgehead atoms. The Kier molecular flexibility index (Phi) is 5.14. The molecule has 0 saturated heterocycles. The maximum atomic E-state index is 9.94. The van der Waals surface area contributed by atoms with Gasteiger partial charge in [-0.25, -0.2) is 0 Å². The number of aliphatic hydroxyl groups is 1. The van der Waals surface area contributed by atoms with E-state index in [9.17, 15) is 5.11 Å². The molecular formula is C14H20N2O. The minimum absolute atomic E-state index is 0.430. The number of benzene rings is 1. The zero-order valence-electron chi connectivity index (χ0n) is 10.7. The zero-order chi connectivity index (χ0) is 12.8. The normalized spacial score (nSPS) is 12.8. The molecule has 0 radical (unpaired) electrons. The van der Waals surface area contributed by atoms with Crippen molar-refractivity contribution in [1.29, 1.82) is 5.26 Å². The lowest BCUT2D eigenvalue weighted by atomic mass is 10.1. The number of nitrogens with zero attached hydrogens (tertiary/aromatic N) is 2.